The molecule has 0 spiro atoms. The van der Waals surface area contributed by atoms with Gasteiger partial charge in [0.15, 0.2) is 11.6 Å². The van der Waals surface area contributed by atoms with E-state index in [1.807, 2.05) is 0 Å². The van der Waals surface area contributed by atoms with Crippen LogP contribution in [0.25, 0.3) is 0 Å². The van der Waals surface area contributed by atoms with E-state index in [-0.39, 0.29) is 23.1 Å². The molecule has 1 aromatic carbocycles. The first-order valence-electron chi connectivity index (χ1n) is 9.65. The topological polar surface area (TPSA) is 64.1 Å². The number of hydrogen-bond acceptors (Lipinski definition) is 4. The fraction of sp³-hybridized carbons (Fsp3) is 0.476. The Morgan fingerprint density at radius 3 is 2.22 bits per heavy atom. The second-order valence-electron chi connectivity index (χ2n) is 8.44. The van der Waals surface area contributed by atoms with Crippen molar-refractivity contribution in [3.05, 3.63) is 42.5 Å². The van der Waals surface area contributed by atoms with Gasteiger partial charge in [0.2, 0.25) is 5.91 Å². The highest BCUT2D eigenvalue weighted by Crippen LogP contribution is 2.60. The molecule has 4 aliphatic rings. The van der Waals surface area contributed by atoms with Crippen LogP contribution in [0.2, 0.25) is 0 Å². The fourth-order valence-corrected chi connectivity index (χ4v) is 5.71. The molecule has 0 saturated heterocycles. The molecule has 140 valence electrons. The van der Waals surface area contributed by atoms with Crippen LogP contribution in [0.5, 0.6) is 11.8 Å². The number of aromatic nitrogens is 2. The Labute approximate surface area is 157 Å². The summed E-state index contributed by atoms with van der Waals surface area (Å²) in [5.41, 5.74) is 0.341. The maximum Gasteiger partial charge on any atom is 0.322 e. The summed E-state index contributed by atoms with van der Waals surface area (Å²) in [5.74, 6) is 1.86. The number of ether oxygens (including phenoxy) is 1. The van der Waals surface area contributed by atoms with E-state index in [4.69, 9.17) is 4.74 Å². The molecule has 4 saturated carbocycles. The van der Waals surface area contributed by atoms with Gasteiger partial charge in [-0.05, 0) is 68.4 Å². The van der Waals surface area contributed by atoms with Gasteiger partial charge in [-0.3, -0.25) is 4.79 Å². The number of carbonyl (C=O) groups is 1. The SMILES string of the molecule is O=C(Nc1cnc(Oc2ccccc2F)nc1)C12CC3CC(CC(C3)C1)C2. The zero-order valence-corrected chi connectivity index (χ0v) is 15.0. The molecular formula is C21H22FN3O2. The Hall–Kier alpha value is -2.50. The number of nitrogens with one attached hydrogen (secondary N) is 1. The van der Waals surface area contributed by atoms with Crippen LogP contribution >= 0.6 is 0 Å². The number of carbonyl (C=O) groups excluding carboxylic acids is 1. The number of anilines is 1. The molecule has 1 heterocycles. The standard InChI is InChI=1S/C21H22FN3O2/c22-17-3-1-2-4-18(17)27-20-23-11-16(12-24-20)25-19(26)21-8-13-5-14(9-21)7-15(6-13)10-21/h1-4,11-15H,5-10H2,(H,25,26). The number of rotatable bonds is 4. The van der Waals surface area contributed by atoms with Crippen LogP contribution < -0.4 is 10.1 Å². The molecule has 2 aromatic rings. The zero-order chi connectivity index (χ0) is 18.4. The summed E-state index contributed by atoms with van der Waals surface area (Å²) >= 11 is 0. The Morgan fingerprint density at radius 1 is 1.04 bits per heavy atom. The van der Waals surface area contributed by atoms with Crippen molar-refractivity contribution < 1.29 is 13.9 Å². The lowest BCUT2D eigenvalue weighted by Gasteiger charge is -2.55. The monoisotopic (exact) mass is 367 g/mol. The molecule has 0 unspecified atom stereocenters. The van der Waals surface area contributed by atoms with Crippen LogP contribution in [-0.2, 0) is 4.79 Å². The van der Waals surface area contributed by atoms with Gasteiger partial charge in [-0.25, -0.2) is 14.4 Å². The van der Waals surface area contributed by atoms with Crippen molar-refractivity contribution in [3.8, 4) is 11.8 Å². The van der Waals surface area contributed by atoms with Crippen molar-refractivity contribution in [2.75, 3.05) is 5.32 Å². The van der Waals surface area contributed by atoms with Crippen LogP contribution in [-0.4, -0.2) is 15.9 Å². The maximum atomic E-state index is 13.6. The van der Waals surface area contributed by atoms with Crippen molar-refractivity contribution in [1.29, 1.82) is 0 Å². The summed E-state index contributed by atoms with van der Waals surface area (Å²) < 4.78 is 19.0. The third-order valence-electron chi connectivity index (χ3n) is 6.44. The van der Waals surface area contributed by atoms with E-state index in [1.165, 1.54) is 43.8 Å². The van der Waals surface area contributed by atoms with Gasteiger partial charge in [-0.1, -0.05) is 12.1 Å². The largest absolute Gasteiger partial charge is 0.421 e. The van der Waals surface area contributed by atoms with E-state index in [1.54, 1.807) is 12.1 Å². The Bertz CT molecular complexity index is 833. The molecule has 27 heavy (non-hydrogen) atoms. The number of benzene rings is 1. The summed E-state index contributed by atoms with van der Waals surface area (Å²) in [5, 5.41) is 3.01. The van der Waals surface area contributed by atoms with Gasteiger partial charge in [0.25, 0.3) is 0 Å². The quantitative estimate of drug-likeness (QED) is 0.860. The van der Waals surface area contributed by atoms with Crippen LogP contribution in [0.1, 0.15) is 38.5 Å². The van der Waals surface area contributed by atoms with Gasteiger partial charge in [0.05, 0.1) is 23.5 Å². The summed E-state index contributed by atoms with van der Waals surface area (Å²) in [6.45, 7) is 0. The molecule has 1 aromatic heterocycles. The summed E-state index contributed by atoms with van der Waals surface area (Å²) in [6.07, 6.45) is 9.98. The van der Waals surface area contributed by atoms with Crippen LogP contribution in [0.4, 0.5) is 10.1 Å². The second-order valence-corrected chi connectivity index (χ2v) is 8.44. The first kappa shape index (κ1) is 16.7. The number of para-hydroxylation sites is 1. The minimum Gasteiger partial charge on any atom is -0.421 e. The average molecular weight is 367 g/mol. The Morgan fingerprint density at radius 2 is 1.63 bits per heavy atom. The smallest absolute Gasteiger partial charge is 0.322 e. The molecule has 6 heteroatoms. The lowest BCUT2D eigenvalue weighted by molar-refractivity contribution is -0.140. The Kier molecular flexibility index (Phi) is 3.88. The van der Waals surface area contributed by atoms with Gasteiger partial charge in [0, 0.05) is 0 Å². The first-order valence-corrected chi connectivity index (χ1v) is 9.65. The van der Waals surface area contributed by atoms with Crippen LogP contribution in [0, 0.1) is 29.0 Å². The highest BCUT2D eigenvalue weighted by molar-refractivity contribution is 5.95. The van der Waals surface area contributed by atoms with Gasteiger partial charge in [-0.15, -0.1) is 0 Å². The first-order chi connectivity index (χ1) is 13.1. The maximum absolute atomic E-state index is 13.6. The molecule has 6 rings (SSSR count). The molecule has 0 atom stereocenters. The van der Waals surface area contributed by atoms with Gasteiger partial charge in [0.1, 0.15) is 0 Å². The fourth-order valence-electron chi connectivity index (χ4n) is 5.71. The predicted molar refractivity (Wildman–Crippen MR) is 97.7 cm³/mol. The van der Waals surface area contributed by atoms with Crippen LogP contribution in [0.15, 0.2) is 36.7 Å². The Balaban J connectivity index is 1.27. The van der Waals surface area contributed by atoms with Gasteiger partial charge < -0.3 is 10.1 Å². The number of halogens is 1. The lowest BCUT2D eigenvalue weighted by atomic mass is 9.49. The van der Waals surface area contributed by atoms with E-state index in [9.17, 15) is 9.18 Å². The number of hydrogen-bond donors (Lipinski definition) is 1. The molecule has 5 nitrogen and oxygen atoms in total. The van der Waals surface area contributed by atoms with E-state index < -0.39 is 5.82 Å². The second kappa shape index (κ2) is 6.29. The van der Waals surface area contributed by atoms with E-state index in [0.717, 1.165) is 37.0 Å². The molecular weight excluding hydrogens is 345 g/mol. The van der Waals surface area contributed by atoms with E-state index >= 15 is 0 Å². The van der Waals surface area contributed by atoms with Crippen molar-refractivity contribution >= 4 is 11.6 Å². The van der Waals surface area contributed by atoms with Gasteiger partial charge in [-0.2, -0.15) is 0 Å². The van der Waals surface area contributed by atoms with Crippen molar-refractivity contribution in [2.24, 2.45) is 23.2 Å². The van der Waals surface area contributed by atoms with Gasteiger partial charge >= 0.3 is 6.01 Å². The lowest BCUT2D eigenvalue weighted by Crippen LogP contribution is -2.51. The van der Waals surface area contributed by atoms with Crippen molar-refractivity contribution in [3.63, 3.8) is 0 Å². The van der Waals surface area contributed by atoms with Crippen molar-refractivity contribution in [1.82, 2.24) is 9.97 Å². The van der Waals surface area contributed by atoms with E-state index in [2.05, 4.69) is 15.3 Å². The molecule has 4 aliphatic carbocycles. The number of nitrogens with zero attached hydrogens (tertiary/aromatic N) is 2. The minimum atomic E-state index is -0.472. The molecule has 1 N–H and O–H groups in total. The molecule has 4 bridgehead atoms. The molecule has 4 fully saturated rings. The number of amides is 1. The average Bonchev–Trinajstić information content (AvgIpc) is 2.64. The van der Waals surface area contributed by atoms with Crippen molar-refractivity contribution in [2.45, 2.75) is 38.5 Å². The third kappa shape index (κ3) is 3.07. The summed E-state index contributed by atoms with van der Waals surface area (Å²) in [6, 6.07) is 6.15. The molecule has 1 amide bonds. The third-order valence-corrected chi connectivity index (χ3v) is 6.44. The van der Waals surface area contributed by atoms with E-state index in [0.29, 0.717) is 5.69 Å². The zero-order valence-electron chi connectivity index (χ0n) is 15.0. The predicted octanol–water partition coefficient (Wildman–Crippen LogP) is 4.56. The van der Waals surface area contributed by atoms with Crippen LogP contribution in [0.3, 0.4) is 0 Å². The molecule has 0 aliphatic heterocycles. The normalized spacial score (nSPS) is 30.9. The summed E-state index contributed by atoms with van der Waals surface area (Å²) in [7, 11) is 0. The molecule has 0 radical (unpaired) electrons. The highest BCUT2D eigenvalue weighted by atomic mass is 19.1. The highest BCUT2D eigenvalue weighted by Gasteiger charge is 2.54. The summed E-state index contributed by atoms with van der Waals surface area (Å²) in [4.78, 5) is 21.2. The minimum absolute atomic E-state index is 0.0490.